The molecule has 0 atom stereocenters. The highest BCUT2D eigenvalue weighted by Gasteiger charge is 2.25. The van der Waals surface area contributed by atoms with Gasteiger partial charge in [-0.2, -0.15) is 16.9 Å². The fourth-order valence-electron chi connectivity index (χ4n) is 3.78. The van der Waals surface area contributed by atoms with E-state index in [1.165, 1.54) is 38.4 Å². The van der Waals surface area contributed by atoms with Crippen LogP contribution >= 0.6 is 11.8 Å². The van der Waals surface area contributed by atoms with E-state index in [0.29, 0.717) is 17.1 Å². The topological polar surface area (TPSA) is 93.5 Å². The van der Waals surface area contributed by atoms with Crippen LogP contribution in [-0.2, 0) is 21.5 Å². The summed E-state index contributed by atoms with van der Waals surface area (Å²) < 4.78 is 33.4. The van der Waals surface area contributed by atoms with Crippen molar-refractivity contribution in [3.05, 3.63) is 95.7 Å². The number of carbonyl (C=O) groups excluding carboxylic acids is 1. The third-order valence-corrected chi connectivity index (χ3v) is 8.54. The molecule has 1 N–H and O–H groups in total. The number of rotatable bonds is 7. The average molecular weight is 521 g/mol. The van der Waals surface area contributed by atoms with Gasteiger partial charge in [0, 0.05) is 36.7 Å². The fourth-order valence-corrected chi connectivity index (χ4v) is 5.71. The number of sulfonamides is 1. The van der Waals surface area contributed by atoms with Crippen molar-refractivity contribution in [1.29, 1.82) is 0 Å². The normalized spacial score (nSPS) is 13.0. The molecule has 2 heterocycles. The van der Waals surface area contributed by atoms with E-state index in [1.807, 2.05) is 54.6 Å². The summed E-state index contributed by atoms with van der Waals surface area (Å²) in [7, 11) is -0.633. The molecule has 0 radical (unpaired) electrons. The number of para-hydroxylation sites is 1. The van der Waals surface area contributed by atoms with Gasteiger partial charge in [0.25, 0.3) is 5.91 Å². The number of nitrogens with zero attached hydrogens (tertiary/aromatic N) is 3. The van der Waals surface area contributed by atoms with Crippen molar-refractivity contribution >= 4 is 33.5 Å². The highest BCUT2D eigenvalue weighted by Crippen LogP contribution is 2.36. The predicted molar refractivity (Wildman–Crippen MR) is 140 cm³/mol. The Morgan fingerprint density at radius 3 is 2.28 bits per heavy atom. The van der Waals surface area contributed by atoms with Crippen molar-refractivity contribution in [3.63, 3.8) is 0 Å². The Labute approximate surface area is 213 Å². The van der Waals surface area contributed by atoms with E-state index in [2.05, 4.69) is 5.32 Å². The molecule has 0 unspecified atom stereocenters. The van der Waals surface area contributed by atoms with E-state index in [9.17, 15) is 13.2 Å². The van der Waals surface area contributed by atoms with E-state index < -0.39 is 10.0 Å². The number of fused-ring (bicyclic) bond motifs is 1. The van der Waals surface area contributed by atoms with Gasteiger partial charge in [0.2, 0.25) is 10.0 Å². The number of nitrogens with one attached hydrogen (secondary N) is 1. The molecule has 5 rings (SSSR count). The van der Waals surface area contributed by atoms with Crippen LogP contribution in [0.15, 0.2) is 83.8 Å². The zero-order valence-corrected chi connectivity index (χ0v) is 21.3. The first kappa shape index (κ1) is 24.1. The Morgan fingerprint density at radius 1 is 0.944 bits per heavy atom. The summed E-state index contributed by atoms with van der Waals surface area (Å²) in [5.74, 6) is 3.24. The van der Waals surface area contributed by atoms with Gasteiger partial charge in [0.05, 0.1) is 16.3 Å². The molecule has 0 saturated carbocycles. The summed E-state index contributed by atoms with van der Waals surface area (Å²) in [6.07, 6.45) is 0. The highest BCUT2D eigenvalue weighted by molar-refractivity contribution is 7.98. The smallest absolute Gasteiger partial charge is 0.256 e. The Morgan fingerprint density at radius 2 is 1.61 bits per heavy atom. The molecule has 1 aliphatic heterocycles. The molecule has 1 amide bonds. The Kier molecular flexibility index (Phi) is 6.57. The second-order valence-electron chi connectivity index (χ2n) is 8.35. The summed E-state index contributed by atoms with van der Waals surface area (Å²) in [5.41, 5.74) is 3.07. The maximum absolute atomic E-state index is 13.1. The van der Waals surface area contributed by atoms with Gasteiger partial charge in [-0.15, -0.1) is 0 Å². The molecule has 8 nitrogen and oxygen atoms in total. The van der Waals surface area contributed by atoms with Crippen LogP contribution in [-0.4, -0.2) is 42.5 Å². The molecule has 10 heteroatoms. The number of thioether (sulfide) groups is 1. The van der Waals surface area contributed by atoms with Crippen LogP contribution in [0.2, 0.25) is 0 Å². The van der Waals surface area contributed by atoms with E-state index in [1.54, 1.807) is 16.4 Å². The molecule has 0 aliphatic carbocycles. The van der Waals surface area contributed by atoms with Crippen molar-refractivity contribution in [2.24, 2.45) is 0 Å². The zero-order chi connectivity index (χ0) is 25.3. The third kappa shape index (κ3) is 4.75. The molecular weight excluding hydrogens is 496 g/mol. The lowest BCUT2D eigenvalue weighted by atomic mass is 10.2. The number of ether oxygens (including phenoxy) is 1. The zero-order valence-electron chi connectivity index (χ0n) is 19.7. The first-order valence-corrected chi connectivity index (χ1v) is 13.8. The maximum atomic E-state index is 13.1. The van der Waals surface area contributed by atoms with E-state index in [0.717, 1.165) is 38.5 Å². The van der Waals surface area contributed by atoms with Crippen molar-refractivity contribution in [2.75, 3.05) is 19.4 Å². The molecule has 0 saturated heterocycles. The summed E-state index contributed by atoms with van der Waals surface area (Å²) in [5, 5.41) is 7.74. The molecule has 0 spiro atoms. The van der Waals surface area contributed by atoms with Gasteiger partial charge in [0.15, 0.2) is 0 Å². The Hall–Kier alpha value is -3.60. The van der Waals surface area contributed by atoms with E-state index >= 15 is 0 Å². The van der Waals surface area contributed by atoms with Crippen LogP contribution in [0, 0.1) is 0 Å². The summed E-state index contributed by atoms with van der Waals surface area (Å²) in [6.45, 7) is 0. The minimum atomic E-state index is -3.57. The van der Waals surface area contributed by atoms with Crippen molar-refractivity contribution in [2.45, 2.75) is 16.4 Å². The average Bonchev–Trinajstić information content (AvgIpc) is 3.48. The van der Waals surface area contributed by atoms with Crippen molar-refractivity contribution in [1.82, 2.24) is 14.1 Å². The molecule has 36 heavy (non-hydrogen) atoms. The minimum absolute atomic E-state index is 0.129. The standard InChI is InChI=1S/C26H24N4O4S2/c1-29(2)36(32,33)22-14-8-18(9-15-22)26(31)27-25-23-16-35-17-24(23)28-30(25)19-10-12-21(13-11-19)34-20-6-4-3-5-7-20/h3-15H,16-17H2,1-2H3,(H,27,31). The van der Waals surface area contributed by atoms with Crippen LogP contribution in [0.5, 0.6) is 11.5 Å². The van der Waals surface area contributed by atoms with Gasteiger partial charge in [0.1, 0.15) is 17.3 Å². The van der Waals surface area contributed by atoms with Crippen LogP contribution < -0.4 is 10.1 Å². The maximum Gasteiger partial charge on any atom is 0.256 e. The molecule has 0 fully saturated rings. The molecule has 3 aromatic carbocycles. The molecule has 1 aliphatic rings. The molecule has 184 valence electrons. The van der Waals surface area contributed by atoms with E-state index in [-0.39, 0.29) is 10.8 Å². The molecule has 1 aromatic heterocycles. The summed E-state index contributed by atoms with van der Waals surface area (Å²) in [6, 6.07) is 22.9. The van der Waals surface area contributed by atoms with Crippen molar-refractivity contribution < 1.29 is 17.9 Å². The van der Waals surface area contributed by atoms with Gasteiger partial charge >= 0.3 is 0 Å². The second-order valence-corrected chi connectivity index (χ2v) is 11.5. The Bertz CT molecular complexity index is 1500. The van der Waals surface area contributed by atoms with Crippen LogP contribution in [0.3, 0.4) is 0 Å². The van der Waals surface area contributed by atoms with E-state index in [4.69, 9.17) is 9.84 Å². The lowest BCUT2D eigenvalue weighted by Crippen LogP contribution is -2.22. The number of aromatic nitrogens is 2. The number of amides is 1. The highest BCUT2D eigenvalue weighted by atomic mass is 32.2. The monoisotopic (exact) mass is 520 g/mol. The third-order valence-electron chi connectivity index (χ3n) is 5.74. The van der Waals surface area contributed by atoms with Crippen LogP contribution in [0.4, 0.5) is 5.82 Å². The van der Waals surface area contributed by atoms with Gasteiger partial charge in [-0.1, -0.05) is 18.2 Å². The number of anilines is 1. The Balaban J connectivity index is 1.40. The molecular formula is C26H24N4O4S2. The van der Waals surface area contributed by atoms with Crippen molar-refractivity contribution in [3.8, 4) is 17.2 Å². The van der Waals surface area contributed by atoms with Gasteiger partial charge in [-0.3, -0.25) is 4.79 Å². The van der Waals surface area contributed by atoms with Crippen LogP contribution in [0.25, 0.3) is 5.69 Å². The number of hydrogen-bond acceptors (Lipinski definition) is 6. The summed E-state index contributed by atoms with van der Waals surface area (Å²) >= 11 is 1.74. The number of benzene rings is 3. The molecule has 4 aromatic rings. The van der Waals surface area contributed by atoms with Gasteiger partial charge < -0.3 is 10.1 Å². The quantitative estimate of drug-likeness (QED) is 0.372. The predicted octanol–water partition coefficient (Wildman–Crippen LogP) is 4.91. The minimum Gasteiger partial charge on any atom is -0.457 e. The fraction of sp³-hybridized carbons (Fsp3) is 0.154. The lowest BCUT2D eigenvalue weighted by molar-refractivity contribution is 0.102. The summed E-state index contributed by atoms with van der Waals surface area (Å²) in [4.78, 5) is 13.2. The van der Waals surface area contributed by atoms with Crippen LogP contribution in [0.1, 0.15) is 21.6 Å². The van der Waals surface area contributed by atoms with Gasteiger partial charge in [-0.25, -0.2) is 17.4 Å². The first-order chi connectivity index (χ1) is 17.3. The SMILES string of the molecule is CN(C)S(=O)(=O)c1ccc(C(=O)Nc2c3c(nn2-c2ccc(Oc4ccccc4)cc2)CSC3)cc1. The van der Waals surface area contributed by atoms with Gasteiger partial charge in [-0.05, 0) is 60.7 Å². The largest absolute Gasteiger partial charge is 0.457 e. The lowest BCUT2D eigenvalue weighted by Gasteiger charge is -2.13. The molecule has 0 bridgehead atoms. The first-order valence-electron chi connectivity index (χ1n) is 11.2. The number of carbonyl (C=O) groups is 1. The number of hydrogen-bond donors (Lipinski definition) is 1. The second kappa shape index (κ2) is 9.81.